The van der Waals surface area contributed by atoms with Gasteiger partial charge in [-0.25, -0.2) is 0 Å². The summed E-state index contributed by atoms with van der Waals surface area (Å²) in [5.41, 5.74) is 0.984. The van der Waals surface area contributed by atoms with Crippen molar-refractivity contribution in [2.75, 3.05) is 13.1 Å². The lowest BCUT2D eigenvalue weighted by atomic mass is 9.98. The summed E-state index contributed by atoms with van der Waals surface area (Å²) in [6.07, 6.45) is 4.67. The average molecular weight is 262 g/mol. The molecule has 3 unspecified atom stereocenters. The Hall–Kier alpha value is -0.900. The number of hydrogen-bond donors (Lipinski definition) is 3. The molecule has 1 aliphatic rings. The van der Waals surface area contributed by atoms with Crippen LogP contribution in [0.25, 0.3) is 0 Å². The highest BCUT2D eigenvalue weighted by atomic mass is 16.3. The first kappa shape index (κ1) is 14.5. The second-order valence-electron chi connectivity index (χ2n) is 5.62. The van der Waals surface area contributed by atoms with Crippen molar-refractivity contribution in [1.29, 1.82) is 0 Å². The van der Waals surface area contributed by atoms with E-state index in [9.17, 15) is 5.11 Å². The van der Waals surface area contributed by atoms with Crippen molar-refractivity contribution in [3.05, 3.63) is 35.9 Å². The van der Waals surface area contributed by atoms with Gasteiger partial charge in [-0.05, 0) is 38.3 Å². The van der Waals surface area contributed by atoms with Gasteiger partial charge in [-0.1, -0.05) is 36.8 Å². The van der Waals surface area contributed by atoms with E-state index in [4.69, 9.17) is 0 Å². The van der Waals surface area contributed by atoms with Gasteiger partial charge < -0.3 is 15.7 Å². The zero-order valence-corrected chi connectivity index (χ0v) is 11.8. The average Bonchev–Trinajstić information content (AvgIpc) is 2.47. The van der Waals surface area contributed by atoms with Crippen LogP contribution in [-0.4, -0.2) is 30.3 Å². The van der Waals surface area contributed by atoms with Crippen LogP contribution in [0.15, 0.2) is 30.3 Å². The Bertz CT molecular complexity index is 349. The molecule has 1 aliphatic heterocycles. The van der Waals surface area contributed by atoms with Crippen molar-refractivity contribution in [3.8, 4) is 0 Å². The molecule has 1 heterocycles. The molecule has 19 heavy (non-hydrogen) atoms. The number of hydrogen-bond acceptors (Lipinski definition) is 3. The molecule has 3 N–H and O–H groups in total. The van der Waals surface area contributed by atoms with E-state index in [-0.39, 0.29) is 0 Å². The lowest BCUT2D eigenvalue weighted by Crippen LogP contribution is -2.40. The second kappa shape index (κ2) is 7.63. The Morgan fingerprint density at radius 3 is 2.79 bits per heavy atom. The third kappa shape index (κ3) is 4.94. The van der Waals surface area contributed by atoms with Crippen LogP contribution in [0.2, 0.25) is 0 Å². The maximum atomic E-state index is 10.1. The SMILES string of the molecule is CC(CC1CCCCN1)NCC(O)c1ccccc1. The number of rotatable bonds is 6. The highest BCUT2D eigenvalue weighted by Crippen LogP contribution is 2.14. The molecule has 0 spiro atoms. The van der Waals surface area contributed by atoms with Crippen LogP contribution in [-0.2, 0) is 0 Å². The molecule has 0 amide bonds. The van der Waals surface area contributed by atoms with Crippen LogP contribution in [0.3, 0.4) is 0 Å². The molecule has 3 nitrogen and oxygen atoms in total. The van der Waals surface area contributed by atoms with Crippen molar-refractivity contribution in [2.24, 2.45) is 0 Å². The summed E-state index contributed by atoms with van der Waals surface area (Å²) in [6.45, 7) is 3.98. The Morgan fingerprint density at radius 1 is 1.32 bits per heavy atom. The minimum Gasteiger partial charge on any atom is -0.387 e. The molecule has 0 saturated carbocycles. The highest BCUT2D eigenvalue weighted by molar-refractivity contribution is 5.17. The fraction of sp³-hybridized carbons (Fsp3) is 0.625. The summed E-state index contributed by atoms with van der Waals surface area (Å²) in [5, 5.41) is 17.1. The van der Waals surface area contributed by atoms with Gasteiger partial charge in [-0.2, -0.15) is 0 Å². The van der Waals surface area contributed by atoms with Gasteiger partial charge in [0.05, 0.1) is 6.10 Å². The summed E-state index contributed by atoms with van der Waals surface area (Å²) < 4.78 is 0. The van der Waals surface area contributed by atoms with Crippen LogP contribution in [0.4, 0.5) is 0 Å². The van der Waals surface area contributed by atoms with Crippen molar-refractivity contribution in [3.63, 3.8) is 0 Å². The normalized spacial score (nSPS) is 22.9. The lowest BCUT2D eigenvalue weighted by molar-refractivity contribution is 0.168. The highest BCUT2D eigenvalue weighted by Gasteiger charge is 2.16. The third-order valence-electron chi connectivity index (χ3n) is 3.89. The van der Waals surface area contributed by atoms with Crippen molar-refractivity contribution < 1.29 is 5.11 Å². The van der Waals surface area contributed by atoms with Crippen LogP contribution >= 0.6 is 0 Å². The van der Waals surface area contributed by atoms with Gasteiger partial charge in [0, 0.05) is 18.6 Å². The van der Waals surface area contributed by atoms with E-state index < -0.39 is 6.10 Å². The van der Waals surface area contributed by atoms with Gasteiger partial charge in [0.15, 0.2) is 0 Å². The van der Waals surface area contributed by atoms with E-state index in [0.717, 1.165) is 18.5 Å². The van der Waals surface area contributed by atoms with Crippen molar-refractivity contribution in [1.82, 2.24) is 10.6 Å². The number of aliphatic hydroxyl groups is 1. The number of piperidine rings is 1. The predicted octanol–water partition coefficient (Wildman–Crippen LogP) is 2.23. The first-order valence-corrected chi connectivity index (χ1v) is 7.45. The number of nitrogens with one attached hydrogen (secondary N) is 2. The Balaban J connectivity index is 1.69. The van der Waals surface area contributed by atoms with E-state index in [2.05, 4.69) is 17.6 Å². The third-order valence-corrected chi connectivity index (χ3v) is 3.89. The first-order chi connectivity index (χ1) is 9.25. The van der Waals surface area contributed by atoms with Gasteiger partial charge in [-0.3, -0.25) is 0 Å². The van der Waals surface area contributed by atoms with E-state index in [1.165, 1.54) is 19.3 Å². The van der Waals surface area contributed by atoms with E-state index >= 15 is 0 Å². The lowest BCUT2D eigenvalue weighted by Gasteiger charge is -2.27. The topological polar surface area (TPSA) is 44.3 Å². The summed E-state index contributed by atoms with van der Waals surface area (Å²) in [6, 6.07) is 10.9. The first-order valence-electron chi connectivity index (χ1n) is 7.45. The number of aliphatic hydroxyl groups excluding tert-OH is 1. The second-order valence-corrected chi connectivity index (χ2v) is 5.62. The molecule has 0 aliphatic carbocycles. The van der Waals surface area contributed by atoms with Gasteiger partial charge >= 0.3 is 0 Å². The zero-order valence-electron chi connectivity index (χ0n) is 11.8. The summed E-state index contributed by atoms with van der Waals surface area (Å²) in [5.74, 6) is 0. The van der Waals surface area contributed by atoms with Crippen LogP contribution in [0.5, 0.6) is 0 Å². The molecule has 0 aromatic heterocycles. The molecule has 1 fully saturated rings. The fourth-order valence-electron chi connectivity index (χ4n) is 2.74. The molecule has 0 bridgehead atoms. The largest absolute Gasteiger partial charge is 0.387 e. The predicted molar refractivity (Wildman–Crippen MR) is 79.1 cm³/mol. The van der Waals surface area contributed by atoms with Crippen LogP contribution < -0.4 is 10.6 Å². The molecule has 106 valence electrons. The molecule has 0 radical (unpaired) electrons. The minimum atomic E-state index is -0.414. The Kier molecular flexibility index (Phi) is 5.83. The molecule has 1 aromatic carbocycles. The van der Waals surface area contributed by atoms with Crippen LogP contribution in [0.1, 0.15) is 44.3 Å². The Labute approximate surface area is 116 Å². The quantitative estimate of drug-likeness (QED) is 0.736. The molecular formula is C16H26N2O. The standard InChI is InChI=1S/C16H26N2O/c1-13(11-15-9-5-6-10-17-15)18-12-16(19)14-7-3-2-4-8-14/h2-4,7-8,13,15-19H,5-6,9-12H2,1H3. The molecule has 3 heteroatoms. The van der Waals surface area contributed by atoms with Gasteiger partial charge in [0.25, 0.3) is 0 Å². The fourth-order valence-corrected chi connectivity index (χ4v) is 2.74. The smallest absolute Gasteiger partial charge is 0.0914 e. The van der Waals surface area contributed by atoms with Crippen molar-refractivity contribution in [2.45, 2.75) is 50.8 Å². The van der Waals surface area contributed by atoms with Gasteiger partial charge in [0.2, 0.25) is 0 Å². The molecule has 3 atom stereocenters. The van der Waals surface area contributed by atoms with Gasteiger partial charge in [-0.15, -0.1) is 0 Å². The minimum absolute atomic E-state index is 0.414. The summed E-state index contributed by atoms with van der Waals surface area (Å²) in [4.78, 5) is 0. The summed E-state index contributed by atoms with van der Waals surface area (Å²) in [7, 11) is 0. The monoisotopic (exact) mass is 262 g/mol. The maximum absolute atomic E-state index is 10.1. The Morgan fingerprint density at radius 2 is 2.11 bits per heavy atom. The number of benzene rings is 1. The van der Waals surface area contributed by atoms with Crippen LogP contribution in [0, 0.1) is 0 Å². The molecule has 2 rings (SSSR count). The molecular weight excluding hydrogens is 236 g/mol. The van der Waals surface area contributed by atoms with Gasteiger partial charge in [0.1, 0.15) is 0 Å². The molecule has 1 aromatic rings. The van der Waals surface area contributed by atoms with E-state index in [0.29, 0.717) is 18.6 Å². The van der Waals surface area contributed by atoms with Crippen molar-refractivity contribution >= 4 is 0 Å². The van der Waals surface area contributed by atoms with E-state index in [1.807, 2.05) is 30.3 Å². The summed E-state index contributed by atoms with van der Waals surface area (Å²) >= 11 is 0. The molecule has 1 saturated heterocycles. The zero-order chi connectivity index (χ0) is 13.5. The maximum Gasteiger partial charge on any atom is 0.0914 e. The van der Waals surface area contributed by atoms with E-state index in [1.54, 1.807) is 0 Å².